The highest BCUT2D eigenvalue weighted by Crippen LogP contribution is 2.48. The fraction of sp³-hybridized carbons (Fsp3) is 0.600. The van der Waals surface area contributed by atoms with Gasteiger partial charge in [-0.1, -0.05) is 0 Å². The molecule has 1 aliphatic rings. The first-order chi connectivity index (χ1) is 8.78. The molecule has 4 N–H and O–H groups in total. The lowest BCUT2D eigenvalue weighted by Gasteiger charge is -2.24. The summed E-state index contributed by atoms with van der Waals surface area (Å²) in [5, 5.41) is 25.8. The van der Waals surface area contributed by atoms with E-state index in [1.165, 1.54) is 6.92 Å². The van der Waals surface area contributed by atoms with Crippen molar-refractivity contribution >= 4 is 11.8 Å². The molecule has 2 heterocycles. The number of H-pyrrole nitrogens is 1. The Morgan fingerprint density at radius 1 is 1.58 bits per heavy atom. The zero-order valence-corrected chi connectivity index (χ0v) is 10.7. The second-order valence-electron chi connectivity index (χ2n) is 4.36. The number of aromatic amines is 1. The highest BCUT2D eigenvalue weighted by molar-refractivity contribution is 8.00. The van der Waals surface area contributed by atoms with Gasteiger partial charge >= 0.3 is 5.69 Å². The van der Waals surface area contributed by atoms with E-state index in [9.17, 15) is 24.2 Å². The van der Waals surface area contributed by atoms with Crippen LogP contribution in [-0.4, -0.2) is 48.7 Å². The first-order valence-corrected chi connectivity index (χ1v) is 6.41. The van der Waals surface area contributed by atoms with Crippen LogP contribution in [0.2, 0.25) is 0 Å². The third-order valence-electron chi connectivity index (χ3n) is 3.00. The Morgan fingerprint density at radius 2 is 2.21 bits per heavy atom. The van der Waals surface area contributed by atoms with Gasteiger partial charge in [0, 0.05) is 11.8 Å². The van der Waals surface area contributed by atoms with E-state index in [-0.39, 0.29) is 5.56 Å². The molecule has 1 aromatic rings. The van der Waals surface area contributed by atoms with Crippen LogP contribution < -0.4 is 11.2 Å². The number of hydrogen-bond donors (Lipinski definition) is 4. The Bertz CT molecular complexity index is 598. The number of aromatic nitrogens is 2. The maximum absolute atomic E-state index is 14.1. The van der Waals surface area contributed by atoms with Crippen LogP contribution in [0.1, 0.15) is 10.9 Å². The zero-order valence-electron chi connectivity index (χ0n) is 9.91. The van der Waals surface area contributed by atoms with Gasteiger partial charge in [-0.15, -0.1) is 11.8 Å². The normalized spacial score (nSPS) is 34.7. The number of hydrogen-bond acceptors (Lipinski definition) is 6. The van der Waals surface area contributed by atoms with Crippen LogP contribution in [0.3, 0.4) is 0 Å². The van der Waals surface area contributed by atoms with Crippen molar-refractivity contribution in [3.8, 4) is 0 Å². The third kappa shape index (κ3) is 2.22. The summed E-state index contributed by atoms with van der Waals surface area (Å²) in [6.45, 7) is 0.872. The minimum absolute atomic E-state index is 0.165. The second kappa shape index (κ2) is 4.75. The van der Waals surface area contributed by atoms with Crippen molar-refractivity contribution in [3.63, 3.8) is 0 Å². The van der Waals surface area contributed by atoms with E-state index in [4.69, 9.17) is 5.11 Å². The summed E-state index contributed by atoms with van der Waals surface area (Å²) in [6.07, 6.45) is -0.720. The van der Waals surface area contributed by atoms with Crippen molar-refractivity contribution in [1.82, 2.24) is 9.55 Å². The van der Waals surface area contributed by atoms with Crippen LogP contribution in [0.5, 0.6) is 0 Å². The van der Waals surface area contributed by atoms with Gasteiger partial charge in [0.1, 0.15) is 11.5 Å². The number of rotatable bonds is 2. The van der Waals surface area contributed by atoms with Crippen LogP contribution in [0.15, 0.2) is 15.8 Å². The van der Waals surface area contributed by atoms with Crippen LogP contribution in [0, 0.1) is 6.92 Å². The van der Waals surface area contributed by atoms with Crippen molar-refractivity contribution in [2.24, 2.45) is 0 Å². The number of aryl methyl sites for hydroxylation is 1. The summed E-state index contributed by atoms with van der Waals surface area (Å²) in [5.74, 6) is -3.08. The van der Waals surface area contributed by atoms with Gasteiger partial charge in [-0.05, 0) is 6.92 Å². The molecule has 0 bridgehead atoms. The molecule has 7 nitrogen and oxygen atoms in total. The number of thioether (sulfide) groups is 1. The third-order valence-corrected chi connectivity index (χ3v) is 4.57. The van der Waals surface area contributed by atoms with E-state index in [2.05, 4.69) is 0 Å². The van der Waals surface area contributed by atoms with Crippen LogP contribution in [0.4, 0.5) is 4.39 Å². The van der Waals surface area contributed by atoms with Crippen molar-refractivity contribution < 1.29 is 19.7 Å². The molecule has 1 saturated heterocycles. The van der Waals surface area contributed by atoms with E-state index in [1.807, 2.05) is 4.98 Å². The molecule has 1 aliphatic heterocycles. The van der Waals surface area contributed by atoms with Gasteiger partial charge in [0.05, 0.1) is 11.9 Å². The molecule has 0 aromatic carbocycles. The lowest BCUT2D eigenvalue weighted by molar-refractivity contribution is -0.173. The van der Waals surface area contributed by atoms with Gasteiger partial charge in [0.2, 0.25) is 0 Å². The summed E-state index contributed by atoms with van der Waals surface area (Å²) in [7, 11) is 0. The fourth-order valence-electron chi connectivity index (χ4n) is 1.91. The molecule has 2 rings (SSSR count). The molecule has 106 valence electrons. The maximum atomic E-state index is 14.1. The maximum Gasteiger partial charge on any atom is 0.329 e. The number of alkyl halides is 1. The van der Waals surface area contributed by atoms with E-state index >= 15 is 0 Å². The lowest BCUT2D eigenvalue weighted by atomic mass is 10.1. The molecule has 1 fully saturated rings. The number of nitrogens with zero attached hydrogens (tertiary/aromatic N) is 1. The molecule has 0 aliphatic carbocycles. The topological polar surface area (TPSA) is 116 Å². The van der Waals surface area contributed by atoms with Crippen LogP contribution in [-0.2, 0) is 0 Å². The van der Waals surface area contributed by atoms with Crippen LogP contribution in [0.25, 0.3) is 0 Å². The van der Waals surface area contributed by atoms with E-state index in [1.54, 1.807) is 0 Å². The molecule has 0 saturated carbocycles. The molecule has 1 aromatic heterocycles. The Morgan fingerprint density at radius 3 is 2.74 bits per heavy atom. The summed E-state index contributed by atoms with van der Waals surface area (Å²) in [5.41, 5.74) is -1.33. The molecule has 1 unspecified atom stereocenters. The second-order valence-corrected chi connectivity index (χ2v) is 5.68. The first kappa shape index (κ1) is 14.3. The van der Waals surface area contributed by atoms with Gasteiger partial charge in [-0.2, -0.15) is 0 Å². The standard InChI is InChI=1S/C10H13FN2O5S/c1-4-2-13(9(17)12-7(4)16)8-10(11,18)6(15)5(3-14)19-8/h2,5-6,8,14-15,18H,3H2,1H3,(H,12,16,17)/t5-,6-,8?,10+/m0/s1. The van der Waals surface area contributed by atoms with E-state index in [0.717, 1.165) is 22.5 Å². The number of nitrogens with one attached hydrogen (secondary N) is 1. The van der Waals surface area contributed by atoms with Crippen molar-refractivity contribution in [3.05, 3.63) is 32.6 Å². The minimum atomic E-state index is -3.08. The Kier molecular flexibility index (Phi) is 3.56. The Labute approximate surface area is 110 Å². The predicted molar refractivity (Wildman–Crippen MR) is 65.6 cm³/mol. The van der Waals surface area contributed by atoms with Gasteiger partial charge in [-0.25, -0.2) is 9.18 Å². The van der Waals surface area contributed by atoms with Gasteiger partial charge in [-0.3, -0.25) is 14.3 Å². The molecule has 4 atom stereocenters. The lowest BCUT2D eigenvalue weighted by Crippen LogP contribution is -2.45. The average molecular weight is 292 g/mol. The highest BCUT2D eigenvalue weighted by Gasteiger charge is 2.56. The highest BCUT2D eigenvalue weighted by atomic mass is 32.2. The smallest absolute Gasteiger partial charge is 0.329 e. The zero-order chi connectivity index (χ0) is 14.4. The van der Waals surface area contributed by atoms with E-state index in [0.29, 0.717) is 0 Å². The molecule has 9 heteroatoms. The van der Waals surface area contributed by atoms with Gasteiger partial charge < -0.3 is 15.3 Å². The van der Waals surface area contributed by atoms with Crippen molar-refractivity contribution in [2.45, 2.75) is 29.5 Å². The van der Waals surface area contributed by atoms with E-state index < -0.39 is 40.4 Å². The van der Waals surface area contributed by atoms with Gasteiger partial charge in [0.15, 0.2) is 0 Å². The fourth-order valence-corrected chi connectivity index (χ4v) is 3.28. The molecular weight excluding hydrogens is 279 g/mol. The minimum Gasteiger partial charge on any atom is -0.395 e. The summed E-state index contributed by atoms with van der Waals surface area (Å²) in [6, 6.07) is 0. The summed E-state index contributed by atoms with van der Waals surface area (Å²) in [4.78, 5) is 24.9. The summed E-state index contributed by atoms with van der Waals surface area (Å²) >= 11 is 0.723. The Hall–Kier alpha value is -1.16. The number of aliphatic hydroxyl groups excluding tert-OH is 2. The molecule has 0 amide bonds. The molecule has 0 spiro atoms. The van der Waals surface area contributed by atoms with Gasteiger partial charge in [0.25, 0.3) is 11.4 Å². The summed E-state index contributed by atoms with van der Waals surface area (Å²) < 4.78 is 14.9. The number of aliphatic hydroxyl groups is 3. The van der Waals surface area contributed by atoms with Crippen LogP contribution >= 0.6 is 11.8 Å². The largest absolute Gasteiger partial charge is 0.395 e. The average Bonchev–Trinajstić information content (AvgIpc) is 2.56. The molecule has 0 radical (unpaired) electrons. The van der Waals surface area contributed by atoms with Crippen molar-refractivity contribution in [2.75, 3.05) is 6.61 Å². The number of halogens is 1. The quantitative estimate of drug-likeness (QED) is 0.526. The molecular formula is C10H13FN2O5S. The monoisotopic (exact) mass is 292 g/mol. The predicted octanol–water partition coefficient (Wildman–Crippen LogP) is -1.53. The van der Waals surface area contributed by atoms with Crippen molar-refractivity contribution in [1.29, 1.82) is 0 Å². The SMILES string of the molecule is Cc1cn(C2S[C@@H](CO)[C@H](O)[C@]2(O)F)c(=O)[nH]c1=O. The Balaban J connectivity index is 2.51. The molecule has 19 heavy (non-hydrogen) atoms. The first-order valence-electron chi connectivity index (χ1n) is 5.46.